The van der Waals surface area contributed by atoms with E-state index in [0.29, 0.717) is 29.5 Å². The Labute approximate surface area is 206 Å². The van der Waals surface area contributed by atoms with Crippen molar-refractivity contribution in [1.29, 1.82) is 0 Å². The van der Waals surface area contributed by atoms with Crippen LogP contribution in [0.5, 0.6) is 0 Å². The molecule has 1 aromatic carbocycles. The Hall–Kier alpha value is -1.45. The van der Waals surface area contributed by atoms with Gasteiger partial charge >= 0.3 is 0 Å². The fourth-order valence-electron chi connectivity index (χ4n) is 8.75. The second-order valence-electron chi connectivity index (χ2n) is 11.7. The zero-order chi connectivity index (χ0) is 24.1. The van der Waals surface area contributed by atoms with Gasteiger partial charge in [0, 0.05) is 24.7 Å². The smallest absolute Gasteiger partial charge is 0.169 e. The van der Waals surface area contributed by atoms with Crippen LogP contribution in [0, 0.1) is 36.0 Å². The predicted octanol–water partition coefficient (Wildman–Crippen LogP) is 7.38. The van der Waals surface area contributed by atoms with Crippen LogP contribution >= 0.6 is 0 Å². The van der Waals surface area contributed by atoms with Gasteiger partial charge in [0.15, 0.2) is 5.79 Å². The third-order valence-corrected chi connectivity index (χ3v) is 10.1. The second-order valence-corrected chi connectivity index (χ2v) is 11.7. The molecule has 0 amide bonds. The van der Waals surface area contributed by atoms with Gasteiger partial charge in [-0.05, 0) is 81.1 Å². The summed E-state index contributed by atoms with van der Waals surface area (Å²) in [6, 6.07) is 9.28. The number of benzene rings is 1. The quantitative estimate of drug-likeness (QED) is 0.428. The van der Waals surface area contributed by atoms with Crippen LogP contribution in [0.4, 0.5) is 0 Å². The summed E-state index contributed by atoms with van der Waals surface area (Å²) in [6.45, 7) is 12.0. The Bertz CT molecular complexity index is 938. The van der Waals surface area contributed by atoms with Gasteiger partial charge < -0.3 is 9.47 Å². The highest BCUT2D eigenvalue weighted by Crippen LogP contribution is 2.66. The minimum Gasteiger partial charge on any atom is -0.348 e. The Morgan fingerprint density at radius 1 is 0.971 bits per heavy atom. The molecule has 6 atom stereocenters. The van der Waals surface area contributed by atoms with Crippen molar-refractivity contribution >= 4 is 5.78 Å². The number of hydrogen-bond acceptors (Lipinski definition) is 3. The van der Waals surface area contributed by atoms with E-state index in [4.69, 9.17) is 9.47 Å². The number of ketones is 1. The molecule has 0 radical (unpaired) electrons. The number of Topliss-reactive ketones (excluding diaryl/α,β-unsaturated/α-hetero) is 1. The summed E-state index contributed by atoms with van der Waals surface area (Å²) >= 11 is 0. The Morgan fingerprint density at radius 3 is 2.35 bits per heavy atom. The van der Waals surface area contributed by atoms with E-state index in [1.165, 1.54) is 30.4 Å². The lowest BCUT2D eigenvalue weighted by Gasteiger charge is -2.54. The van der Waals surface area contributed by atoms with Gasteiger partial charge in [-0.15, -0.1) is 0 Å². The normalized spacial score (nSPS) is 38.0. The van der Waals surface area contributed by atoms with E-state index in [9.17, 15) is 4.79 Å². The van der Waals surface area contributed by atoms with Gasteiger partial charge in [-0.1, -0.05) is 61.7 Å². The molecule has 34 heavy (non-hydrogen) atoms. The molecule has 186 valence electrons. The highest BCUT2D eigenvalue weighted by molar-refractivity contribution is 5.79. The maximum Gasteiger partial charge on any atom is 0.169 e. The fourth-order valence-corrected chi connectivity index (χ4v) is 8.75. The molecule has 4 fully saturated rings. The molecule has 3 nitrogen and oxygen atoms in total. The number of hydrogen-bond donors (Lipinski definition) is 0. The number of ether oxygens (including phenoxy) is 2. The van der Waals surface area contributed by atoms with Crippen LogP contribution in [-0.4, -0.2) is 24.8 Å². The molecule has 1 aromatic rings. The summed E-state index contributed by atoms with van der Waals surface area (Å²) in [5.41, 5.74) is 6.43. The number of carbonyl (C=O) groups excluding carboxylic acids is 1. The third kappa shape index (κ3) is 3.82. The van der Waals surface area contributed by atoms with Crippen LogP contribution in [0.15, 0.2) is 35.4 Å². The number of carbonyl (C=O) groups is 1. The molecule has 1 spiro atoms. The lowest BCUT2D eigenvalue weighted by molar-refractivity contribution is -0.181. The van der Waals surface area contributed by atoms with Gasteiger partial charge in [-0.25, -0.2) is 0 Å². The topological polar surface area (TPSA) is 35.5 Å². The first kappa shape index (κ1) is 24.3. The maximum absolute atomic E-state index is 12.7. The Kier molecular flexibility index (Phi) is 6.57. The molecule has 3 saturated carbocycles. The zero-order valence-corrected chi connectivity index (χ0v) is 22.0. The number of fused-ring (bicyclic) bond motifs is 4. The minimum atomic E-state index is -0.308. The van der Waals surface area contributed by atoms with E-state index < -0.39 is 0 Å². The highest BCUT2D eigenvalue weighted by Gasteiger charge is 2.58. The van der Waals surface area contributed by atoms with Gasteiger partial charge in [0.2, 0.25) is 0 Å². The first-order chi connectivity index (χ1) is 16.4. The average molecular weight is 465 g/mol. The molecule has 0 aromatic heterocycles. The van der Waals surface area contributed by atoms with Crippen LogP contribution in [0.2, 0.25) is 0 Å². The lowest BCUT2D eigenvalue weighted by Crippen LogP contribution is -2.47. The zero-order valence-electron chi connectivity index (χ0n) is 22.0. The fraction of sp³-hybridized carbons (Fsp3) is 0.710. The minimum absolute atomic E-state index is 0.135. The van der Waals surface area contributed by atoms with Crippen molar-refractivity contribution in [2.45, 2.75) is 97.7 Å². The van der Waals surface area contributed by atoms with Crippen molar-refractivity contribution in [3.8, 4) is 0 Å². The van der Waals surface area contributed by atoms with E-state index in [2.05, 4.69) is 38.1 Å². The van der Waals surface area contributed by atoms with E-state index in [1.807, 2.05) is 20.8 Å². The molecule has 1 heterocycles. The third-order valence-electron chi connectivity index (χ3n) is 10.1. The summed E-state index contributed by atoms with van der Waals surface area (Å²) in [5.74, 6) is 2.72. The number of allylic oxidation sites excluding steroid dienone is 2. The first-order valence-electron chi connectivity index (χ1n) is 14.0. The molecular weight excluding hydrogens is 420 g/mol. The predicted molar refractivity (Wildman–Crippen MR) is 137 cm³/mol. The van der Waals surface area contributed by atoms with Crippen LogP contribution in [-0.2, 0) is 14.3 Å². The van der Waals surface area contributed by atoms with Crippen molar-refractivity contribution in [3.05, 3.63) is 46.5 Å². The van der Waals surface area contributed by atoms with Gasteiger partial charge in [0.05, 0.1) is 13.2 Å². The largest absolute Gasteiger partial charge is 0.348 e. The van der Waals surface area contributed by atoms with E-state index in [1.54, 1.807) is 11.1 Å². The molecule has 1 aliphatic heterocycles. The van der Waals surface area contributed by atoms with Gasteiger partial charge in [0.1, 0.15) is 5.78 Å². The number of aryl methyl sites for hydroxylation is 1. The summed E-state index contributed by atoms with van der Waals surface area (Å²) in [5, 5.41) is 0. The summed E-state index contributed by atoms with van der Waals surface area (Å²) < 4.78 is 12.3. The van der Waals surface area contributed by atoms with E-state index in [-0.39, 0.29) is 17.1 Å². The number of rotatable bonds is 2. The second kappa shape index (κ2) is 9.21. The van der Waals surface area contributed by atoms with Crippen molar-refractivity contribution < 1.29 is 14.3 Å². The Morgan fingerprint density at radius 2 is 1.68 bits per heavy atom. The molecule has 5 aliphatic rings. The molecule has 1 saturated heterocycles. The van der Waals surface area contributed by atoms with Crippen LogP contribution < -0.4 is 0 Å². The van der Waals surface area contributed by atoms with Crippen molar-refractivity contribution in [3.63, 3.8) is 0 Å². The SMILES string of the molecule is CC.CC(=O)C1CCC2C3CCC4CC5(CCC4=C3C(c3ccc(C)cc3)CC12C)OCCO5. The monoisotopic (exact) mass is 464 g/mol. The van der Waals surface area contributed by atoms with Crippen LogP contribution in [0.1, 0.15) is 96.1 Å². The van der Waals surface area contributed by atoms with Gasteiger partial charge in [0.25, 0.3) is 0 Å². The summed E-state index contributed by atoms with van der Waals surface area (Å²) in [6.07, 6.45) is 9.14. The molecule has 4 aliphatic carbocycles. The van der Waals surface area contributed by atoms with Crippen molar-refractivity contribution in [2.24, 2.45) is 29.1 Å². The molecule has 3 heteroatoms. The summed E-state index contributed by atoms with van der Waals surface area (Å²) in [4.78, 5) is 12.7. The molecular formula is C31H44O3. The van der Waals surface area contributed by atoms with Gasteiger partial charge in [-0.3, -0.25) is 4.79 Å². The standard InChI is InChI=1S/C29H38O3.C2H6/c1-18-4-6-20(7-5-18)24-17-28(3)25(19(2)30)10-11-26(28)23-9-8-21-16-29(31-14-15-32-29)13-12-22(21)27(23)24;1-2/h4-7,21,23-26H,8-17H2,1-3H3;1-2H3. The lowest BCUT2D eigenvalue weighted by atomic mass is 9.51. The first-order valence-corrected chi connectivity index (χ1v) is 14.0. The van der Waals surface area contributed by atoms with Crippen molar-refractivity contribution in [2.75, 3.05) is 13.2 Å². The molecule has 6 rings (SSSR count). The van der Waals surface area contributed by atoms with Gasteiger partial charge in [-0.2, -0.15) is 0 Å². The maximum atomic E-state index is 12.7. The van der Waals surface area contributed by atoms with E-state index >= 15 is 0 Å². The molecule has 6 unspecified atom stereocenters. The van der Waals surface area contributed by atoms with Crippen LogP contribution in [0.25, 0.3) is 0 Å². The van der Waals surface area contributed by atoms with Crippen LogP contribution in [0.3, 0.4) is 0 Å². The highest BCUT2D eigenvalue weighted by atomic mass is 16.7. The summed E-state index contributed by atoms with van der Waals surface area (Å²) in [7, 11) is 0. The van der Waals surface area contributed by atoms with Crippen molar-refractivity contribution in [1.82, 2.24) is 0 Å². The average Bonchev–Trinajstić information content (AvgIpc) is 3.44. The Balaban J connectivity index is 0.00000117. The molecule has 0 N–H and O–H groups in total. The molecule has 0 bridgehead atoms. The van der Waals surface area contributed by atoms with E-state index in [0.717, 1.165) is 45.3 Å².